The number of anilines is 1. The summed E-state index contributed by atoms with van der Waals surface area (Å²) >= 11 is 0. The number of methoxy groups -OCH3 is 1. The van der Waals surface area contributed by atoms with Crippen molar-refractivity contribution in [2.45, 2.75) is 12.5 Å². The second-order valence-electron chi connectivity index (χ2n) is 6.75. The zero-order valence-corrected chi connectivity index (χ0v) is 16.0. The number of hydrogen-bond donors (Lipinski definition) is 2. The lowest BCUT2D eigenvalue weighted by atomic mass is 9.95. The molecule has 2 amide bonds. The molecule has 1 unspecified atom stereocenters. The highest BCUT2D eigenvalue weighted by Crippen LogP contribution is 2.35. The van der Waals surface area contributed by atoms with Gasteiger partial charge in [-0.2, -0.15) is 0 Å². The second kappa shape index (κ2) is 7.94. The van der Waals surface area contributed by atoms with Gasteiger partial charge in [-0.1, -0.05) is 18.2 Å². The van der Waals surface area contributed by atoms with Crippen LogP contribution in [0.15, 0.2) is 48.8 Å². The molecule has 2 N–H and O–H groups in total. The molecule has 2 aromatic carbocycles. The maximum absolute atomic E-state index is 14.6. The number of halogens is 2. The molecule has 154 valence electrons. The Kier molecular flexibility index (Phi) is 5.18. The van der Waals surface area contributed by atoms with E-state index >= 15 is 0 Å². The largest absolute Gasteiger partial charge is 0.465 e. The van der Waals surface area contributed by atoms with E-state index < -0.39 is 29.7 Å². The fraction of sp³-hybridized carbons (Fsp3) is 0.190. The number of fused-ring (bicyclic) bond motifs is 1. The molecule has 30 heavy (non-hydrogen) atoms. The van der Waals surface area contributed by atoms with Gasteiger partial charge >= 0.3 is 12.0 Å². The van der Waals surface area contributed by atoms with Gasteiger partial charge in [0, 0.05) is 30.3 Å². The SMILES string of the molecule is COC(=O)c1ccccc1NC(=O)N1CCc2[nH]cnc2C1c1ccc(F)cc1F. The topological polar surface area (TPSA) is 87.3 Å². The number of carbonyl (C=O) groups is 2. The zero-order valence-electron chi connectivity index (χ0n) is 16.0. The van der Waals surface area contributed by atoms with Gasteiger partial charge in [0.05, 0.1) is 30.4 Å². The highest BCUT2D eigenvalue weighted by molar-refractivity contribution is 6.01. The van der Waals surface area contributed by atoms with E-state index in [-0.39, 0.29) is 23.4 Å². The minimum absolute atomic E-state index is 0.126. The standard InChI is InChI=1S/C21H18F2N4O3/c1-30-20(28)14-4-2-3-5-16(14)26-21(29)27-9-8-17-18(25-11-24-17)19(27)13-7-6-12(22)10-15(13)23/h2-7,10-11,19H,8-9H2,1H3,(H,24,25)(H,26,29). The van der Waals surface area contributed by atoms with E-state index in [0.29, 0.717) is 12.1 Å². The first kappa shape index (κ1) is 19.6. The molecular formula is C21H18F2N4O3. The lowest BCUT2D eigenvalue weighted by Crippen LogP contribution is -2.43. The first-order valence-corrected chi connectivity index (χ1v) is 9.21. The van der Waals surface area contributed by atoms with Gasteiger partial charge in [0.25, 0.3) is 0 Å². The molecule has 1 aliphatic rings. The number of esters is 1. The minimum atomic E-state index is -0.856. The Hall–Kier alpha value is -3.75. The fourth-order valence-electron chi connectivity index (χ4n) is 3.60. The van der Waals surface area contributed by atoms with E-state index in [4.69, 9.17) is 4.74 Å². The van der Waals surface area contributed by atoms with E-state index in [9.17, 15) is 18.4 Å². The van der Waals surface area contributed by atoms with Crippen molar-refractivity contribution < 1.29 is 23.1 Å². The highest BCUT2D eigenvalue weighted by atomic mass is 19.1. The highest BCUT2D eigenvalue weighted by Gasteiger charge is 2.36. The molecule has 3 aromatic rings. The van der Waals surface area contributed by atoms with Crippen LogP contribution in [-0.4, -0.2) is 40.5 Å². The molecule has 1 aliphatic heterocycles. The van der Waals surface area contributed by atoms with Crippen LogP contribution in [0.3, 0.4) is 0 Å². The molecule has 4 rings (SSSR count). The van der Waals surface area contributed by atoms with E-state index in [1.165, 1.54) is 30.5 Å². The van der Waals surface area contributed by atoms with Gasteiger partial charge in [-0.3, -0.25) is 0 Å². The molecule has 0 saturated heterocycles. The van der Waals surface area contributed by atoms with E-state index in [0.717, 1.165) is 17.8 Å². The van der Waals surface area contributed by atoms with Crippen LogP contribution in [0.4, 0.5) is 19.3 Å². The van der Waals surface area contributed by atoms with E-state index in [1.54, 1.807) is 18.2 Å². The number of imidazole rings is 1. The Bertz CT molecular complexity index is 1120. The van der Waals surface area contributed by atoms with Crippen molar-refractivity contribution in [1.29, 1.82) is 0 Å². The quantitative estimate of drug-likeness (QED) is 0.643. The van der Waals surface area contributed by atoms with E-state index in [1.807, 2.05) is 0 Å². The van der Waals surface area contributed by atoms with Crippen LogP contribution in [0.5, 0.6) is 0 Å². The van der Waals surface area contributed by atoms with Crippen molar-refractivity contribution in [2.75, 3.05) is 19.0 Å². The number of ether oxygens (including phenoxy) is 1. The number of carbonyl (C=O) groups excluding carboxylic acids is 2. The smallest absolute Gasteiger partial charge is 0.339 e. The van der Waals surface area contributed by atoms with Crippen molar-refractivity contribution in [2.24, 2.45) is 0 Å². The van der Waals surface area contributed by atoms with Crippen LogP contribution < -0.4 is 5.32 Å². The first-order valence-electron chi connectivity index (χ1n) is 9.21. The van der Waals surface area contributed by atoms with Crippen molar-refractivity contribution in [3.8, 4) is 0 Å². The summed E-state index contributed by atoms with van der Waals surface area (Å²) in [7, 11) is 1.25. The Morgan fingerprint density at radius 1 is 1.23 bits per heavy atom. The third kappa shape index (κ3) is 3.49. The van der Waals surface area contributed by atoms with Crippen LogP contribution >= 0.6 is 0 Å². The van der Waals surface area contributed by atoms with Crippen LogP contribution in [-0.2, 0) is 11.2 Å². The zero-order chi connectivity index (χ0) is 21.3. The number of aromatic amines is 1. The van der Waals surface area contributed by atoms with Crippen LogP contribution in [0.2, 0.25) is 0 Å². The number of H-pyrrole nitrogens is 1. The molecule has 0 saturated carbocycles. The average Bonchev–Trinajstić information content (AvgIpc) is 3.22. The van der Waals surface area contributed by atoms with Gasteiger partial charge in [-0.05, 0) is 18.2 Å². The summed E-state index contributed by atoms with van der Waals surface area (Å²) in [5, 5.41) is 2.70. The molecule has 1 aromatic heterocycles. The molecule has 1 atom stereocenters. The molecule has 0 radical (unpaired) electrons. The van der Waals surface area contributed by atoms with Gasteiger partial charge < -0.3 is 19.9 Å². The first-order chi connectivity index (χ1) is 14.5. The summed E-state index contributed by atoms with van der Waals surface area (Å²) in [5.41, 5.74) is 1.85. The number of amides is 2. The summed E-state index contributed by atoms with van der Waals surface area (Å²) < 4.78 is 32.8. The van der Waals surface area contributed by atoms with Crippen molar-refractivity contribution in [3.63, 3.8) is 0 Å². The number of rotatable bonds is 3. The molecular weight excluding hydrogens is 394 g/mol. The molecule has 0 fully saturated rings. The summed E-state index contributed by atoms with van der Waals surface area (Å²) in [6.45, 7) is 0.267. The molecule has 0 bridgehead atoms. The summed E-state index contributed by atoms with van der Waals surface area (Å²) in [6.07, 6.45) is 1.97. The molecule has 0 spiro atoms. The van der Waals surface area contributed by atoms with Crippen molar-refractivity contribution in [1.82, 2.24) is 14.9 Å². The molecule has 0 aliphatic carbocycles. The third-order valence-corrected chi connectivity index (χ3v) is 5.02. The Balaban J connectivity index is 1.71. The average molecular weight is 412 g/mol. The maximum atomic E-state index is 14.6. The molecule has 9 heteroatoms. The molecule has 7 nitrogen and oxygen atoms in total. The fourth-order valence-corrected chi connectivity index (χ4v) is 3.60. The normalized spacial score (nSPS) is 15.4. The second-order valence-corrected chi connectivity index (χ2v) is 6.75. The maximum Gasteiger partial charge on any atom is 0.339 e. The number of nitrogens with one attached hydrogen (secondary N) is 2. The van der Waals surface area contributed by atoms with Crippen LogP contribution in [0.1, 0.15) is 33.4 Å². The summed E-state index contributed by atoms with van der Waals surface area (Å²) in [6, 6.07) is 8.24. The molecule has 2 heterocycles. The Morgan fingerprint density at radius 3 is 2.80 bits per heavy atom. The number of benzene rings is 2. The van der Waals surface area contributed by atoms with Gasteiger partial charge in [0.2, 0.25) is 0 Å². The Labute approximate surface area is 170 Å². The lowest BCUT2D eigenvalue weighted by Gasteiger charge is -2.35. The monoisotopic (exact) mass is 412 g/mol. The number of para-hydroxylation sites is 1. The number of hydrogen-bond acceptors (Lipinski definition) is 4. The van der Waals surface area contributed by atoms with Crippen molar-refractivity contribution in [3.05, 3.63) is 82.9 Å². The van der Waals surface area contributed by atoms with Crippen LogP contribution in [0.25, 0.3) is 0 Å². The van der Waals surface area contributed by atoms with E-state index in [2.05, 4.69) is 15.3 Å². The third-order valence-electron chi connectivity index (χ3n) is 5.02. The van der Waals surface area contributed by atoms with Crippen molar-refractivity contribution >= 4 is 17.7 Å². The predicted molar refractivity (Wildman–Crippen MR) is 104 cm³/mol. The summed E-state index contributed by atoms with van der Waals surface area (Å²) in [4.78, 5) is 33.8. The van der Waals surface area contributed by atoms with Crippen LogP contribution in [0, 0.1) is 11.6 Å². The predicted octanol–water partition coefficient (Wildman–Crippen LogP) is 3.65. The van der Waals surface area contributed by atoms with Gasteiger partial charge in [0.15, 0.2) is 0 Å². The minimum Gasteiger partial charge on any atom is -0.465 e. The summed E-state index contributed by atoms with van der Waals surface area (Å²) in [5.74, 6) is -2.08. The lowest BCUT2D eigenvalue weighted by molar-refractivity contribution is 0.0602. The number of aromatic nitrogens is 2. The Morgan fingerprint density at radius 2 is 2.03 bits per heavy atom. The number of nitrogens with zero attached hydrogens (tertiary/aromatic N) is 2. The van der Waals surface area contributed by atoms with Gasteiger partial charge in [-0.15, -0.1) is 0 Å². The van der Waals surface area contributed by atoms with Gasteiger partial charge in [-0.25, -0.2) is 23.4 Å². The number of urea groups is 1. The van der Waals surface area contributed by atoms with Gasteiger partial charge in [0.1, 0.15) is 17.7 Å².